The van der Waals surface area contributed by atoms with Crippen LogP contribution in [0, 0.1) is 0 Å². The fourth-order valence-electron chi connectivity index (χ4n) is 3.55. The molecule has 7 heteroatoms. The number of nitrogens with one attached hydrogen (secondary N) is 1. The summed E-state index contributed by atoms with van der Waals surface area (Å²) >= 11 is 1.57. The molecule has 5 rings (SSSR count). The van der Waals surface area contributed by atoms with Gasteiger partial charge in [-0.25, -0.2) is 9.67 Å². The van der Waals surface area contributed by atoms with Crippen LogP contribution in [0.5, 0.6) is 0 Å². The zero-order chi connectivity index (χ0) is 21.9. The van der Waals surface area contributed by atoms with Gasteiger partial charge in [0.1, 0.15) is 5.69 Å². The van der Waals surface area contributed by atoms with Crippen LogP contribution < -0.4 is 5.32 Å². The Labute approximate surface area is 189 Å². The van der Waals surface area contributed by atoms with E-state index in [1.54, 1.807) is 34.7 Å². The van der Waals surface area contributed by atoms with Crippen LogP contribution in [-0.2, 0) is 0 Å². The van der Waals surface area contributed by atoms with Crippen molar-refractivity contribution in [2.45, 2.75) is 13.0 Å². The van der Waals surface area contributed by atoms with E-state index < -0.39 is 0 Å². The van der Waals surface area contributed by atoms with Crippen LogP contribution in [0.1, 0.15) is 28.9 Å². The normalized spacial score (nSPS) is 11.9. The Hall–Kier alpha value is -3.97. The fourth-order valence-corrected chi connectivity index (χ4v) is 4.28. The maximum atomic E-state index is 13.3. The molecule has 158 valence electrons. The molecule has 0 radical (unpaired) electrons. The Kier molecular flexibility index (Phi) is 5.39. The minimum Gasteiger partial charge on any atom is -0.345 e. The third-order valence-corrected chi connectivity index (χ3v) is 6.15. The minimum absolute atomic E-state index is 0.151. The van der Waals surface area contributed by atoms with Crippen LogP contribution in [0.2, 0.25) is 0 Å². The number of carbonyl (C=O) groups is 1. The average molecular weight is 440 g/mol. The van der Waals surface area contributed by atoms with E-state index in [1.807, 2.05) is 89.8 Å². The molecule has 1 amide bonds. The summed E-state index contributed by atoms with van der Waals surface area (Å²) in [7, 11) is 0. The number of thiophene rings is 1. The molecular formula is C25H21N5OS. The van der Waals surface area contributed by atoms with Crippen LogP contribution >= 0.6 is 11.3 Å². The molecule has 32 heavy (non-hydrogen) atoms. The SMILES string of the molecule is CC(NC(=O)c1cn(-c2ccccc2)nc1-c1cccs1)c1ccc(-n2ccnc2)cc1. The predicted molar refractivity (Wildman–Crippen MR) is 126 cm³/mol. The lowest BCUT2D eigenvalue weighted by Gasteiger charge is -2.15. The van der Waals surface area contributed by atoms with Gasteiger partial charge in [0.05, 0.1) is 28.5 Å². The van der Waals surface area contributed by atoms with Gasteiger partial charge in [-0.3, -0.25) is 4.79 Å². The molecule has 0 aliphatic heterocycles. The standard InChI is InChI=1S/C25H21N5OS/c1-18(19-9-11-20(12-10-19)29-14-13-26-17-29)27-25(31)22-16-30(21-6-3-2-4-7-21)28-24(22)23-8-5-15-32-23/h2-18H,1H3,(H,27,31). The van der Waals surface area contributed by atoms with Crippen molar-refractivity contribution in [1.82, 2.24) is 24.6 Å². The maximum absolute atomic E-state index is 13.3. The van der Waals surface area contributed by atoms with E-state index in [4.69, 9.17) is 5.10 Å². The lowest BCUT2D eigenvalue weighted by atomic mass is 10.1. The van der Waals surface area contributed by atoms with Crippen molar-refractivity contribution in [3.05, 3.63) is 108 Å². The lowest BCUT2D eigenvalue weighted by molar-refractivity contribution is 0.0940. The van der Waals surface area contributed by atoms with Crippen LogP contribution in [0.4, 0.5) is 0 Å². The summed E-state index contributed by atoms with van der Waals surface area (Å²) in [5.41, 5.74) is 4.19. The van der Waals surface area contributed by atoms with Crippen molar-refractivity contribution >= 4 is 17.2 Å². The first-order valence-electron chi connectivity index (χ1n) is 10.3. The van der Waals surface area contributed by atoms with Gasteiger partial charge in [-0.1, -0.05) is 36.4 Å². The highest BCUT2D eigenvalue weighted by atomic mass is 32.1. The maximum Gasteiger partial charge on any atom is 0.255 e. The Morgan fingerprint density at radius 1 is 1.00 bits per heavy atom. The Bertz CT molecular complexity index is 1310. The Morgan fingerprint density at radius 2 is 1.81 bits per heavy atom. The number of hydrogen-bond donors (Lipinski definition) is 1. The van der Waals surface area contributed by atoms with Gasteiger partial charge in [0, 0.05) is 24.3 Å². The fraction of sp³-hybridized carbons (Fsp3) is 0.0800. The molecule has 3 aromatic heterocycles. The molecule has 0 saturated heterocycles. The zero-order valence-electron chi connectivity index (χ0n) is 17.4. The smallest absolute Gasteiger partial charge is 0.255 e. The van der Waals surface area contributed by atoms with Crippen molar-refractivity contribution in [3.8, 4) is 21.9 Å². The second kappa shape index (κ2) is 8.64. The molecule has 1 N–H and O–H groups in total. The van der Waals surface area contributed by atoms with E-state index in [-0.39, 0.29) is 11.9 Å². The number of nitrogens with zero attached hydrogens (tertiary/aromatic N) is 4. The minimum atomic E-state index is -0.157. The molecule has 0 aliphatic rings. The van der Waals surface area contributed by atoms with Crippen molar-refractivity contribution in [2.75, 3.05) is 0 Å². The summed E-state index contributed by atoms with van der Waals surface area (Å²) in [5.74, 6) is -0.151. The number of amides is 1. The zero-order valence-corrected chi connectivity index (χ0v) is 18.2. The summed E-state index contributed by atoms with van der Waals surface area (Å²) in [6, 6.07) is 21.7. The van der Waals surface area contributed by atoms with Gasteiger partial charge in [0.25, 0.3) is 5.91 Å². The van der Waals surface area contributed by atoms with Gasteiger partial charge in [0.15, 0.2) is 0 Å². The molecule has 2 aromatic carbocycles. The molecule has 5 aromatic rings. The summed E-state index contributed by atoms with van der Waals surface area (Å²) in [6.45, 7) is 1.98. The third kappa shape index (κ3) is 3.98. The monoisotopic (exact) mass is 439 g/mol. The average Bonchev–Trinajstić information content (AvgIpc) is 3.61. The van der Waals surface area contributed by atoms with E-state index >= 15 is 0 Å². The molecule has 6 nitrogen and oxygen atoms in total. The Balaban J connectivity index is 1.40. The van der Waals surface area contributed by atoms with Gasteiger partial charge in [0.2, 0.25) is 0 Å². The van der Waals surface area contributed by atoms with Gasteiger partial charge in [-0.05, 0) is 48.2 Å². The van der Waals surface area contributed by atoms with Crippen molar-refractivity contribution < 1.29 is 4.79 Å². The molecular weight excluding hydrogens is 418 g/mol. The summed E-state index contributed by atoms with van der Waals surface area (Å²) in [4.78, 5) is 18.3. The van der Waals surface area contributed by atoms with Crippen LogP contribution in [0.3, 0.4) is 0 Å². The highest BCUT2D eigenvalue weighted by Gasteiger charge is 2.21. The van der Waals surface area contributed by atoms with Crippen molar-refractivity contribution in [2.24, 2.45) is 0 Å². The molecule has 1 atom stereocenters. The first-order chi connectivity index (χ1) is 15.7. The topological polar surface area (TPSA) is 64.7 Å². The number of benzene rings is 2. The molecule has 1 unspecified atom stereocenters. The van der Waals surface area contributed by atoms with Crippen molar-refractivity contribution in [1.29, 1.82) is 0 Å². The largest absolute Gasteiger partial charge is 0.345 e. The molecule has 0 bridgehead atoms. The number of para-hydroxylation sites is 1. The number of aromatic nitrogens is 4. The second-order valence-corrected chi connectivity index (χ2v) is 8.35. The molecule has 3 heterocycles. The highest BCUT2D eigenvalue weighted by molar-refractivity contribution is 7.13. The first-order valence-corrected chi connectivity index (χ1v) is 11.1. The van der Waals surface area contributed by atoms with Crippen LogP contribution in [0.25, 0.3) is 21.9 Å². The van der Waals surface area contributed by atoms with E-state index in [2.05, 4.69) is 10.3 Å². The van der Waals surface area contributed by atoms with Crippen molar-refractivity contribution in [3.63, 3.8) is 0 Å². The summed E-state index contributed by atoms with van der Waals surface area (Å²) in [6.07, 6.45) is 7.21. The molecule has 0 aliphatic carbocycles. The van der Waals surface area contributed by atoms with E-state index in [9.17, 15) is 4.79 Å². The van der Waals surface area contributed by atoms with E-state index in [0.29, 0.717) is 11.3 Å². The predicted octanol–water partition coefficient (Wildman–Crippen LogP) is 5.28. The van der Waals surface area contributed by atoms with Gasteiger partial charge in [-0.2, -0.15) is 5.10 Å². The summed E-state index contributed by atoms with van der Waals surface area (Å²) < 4.78 is 3.70. The quantitative estimate of drug-likeness (QED) is 0.392. The summed E-state index contributed by atoms with van der Waals surface area (Å²) in [5, 5.41) is 9.84. The highest BCUT2D eigenvalue weighted by Crippen LogP contribution is 2.28. The third-order valence-electron chi connectivity index (χ3n) is 5.28. The van der Waals surface area contributed by atoms with Crippen LogP contribution in [0.15, 0.2) is 97.0 Å². The second-order valence-electron chi connectivity index (χ2n) is 7.41. The van der Waals surface area contributed by atoms with Gasteiger partial charge >= 0.3 is 0 Å². The van der Waals surface area contributed by atoms with Crippen LogP contribution in [-0.4, -0.2) is 25.2 Å². The van der Waals surface area contributed by atoms with Gasteiger partial charge in [-0.15, -0.1) is 11.3 Å². The molecule has 0 spiro atoms. The number of hydrogen-bond acceptors (Lipinski definition) is 4. The molecule has 0 saturated carbocycles. The van der Waals surface area contributed by atoms with E-state index in [0.717, 1.165) is 21.8 Å². The lowest BCUT2D eigenvalue weighted by Crippen LogP contribution is -2.26. The molecule has 0 fully saturated rings. The first kappa shape index (κ1) is 20.0. The Morgan fingerprint density at radius 3 is 2.50 bits per heavy atom. The van der Waals surface area contributed by atoms with E-state index in [1.165, 1.54) is 0 Å². The number of imidazole rings is 1. The van der Waals surface area contributed by atoms with Gasteiger partial charge < -0.3 is 9.88 Å². The number of rotatable bonds is 6. The number of carbonyl (C=O) groups excluding carboxylic acids is 1.